The van der Waals surface area contributed by atoms with Crippen LogP contribution in [-0.2, 0) is 0 Å². The van der Waals surface area contributed by atoms with E-state index in [1.807, 2.05) is 24.3 Å². The van der Waals surface area contributed by atoms with Crippen LogP contribution in [0.4, 0.5) is 5.82 Å². The summed E-state index contributed by atoms with van der Waals surface area (Å²) in [7, 11) is 0. The summed E-state index contributed by atoms with van der Waals surface area (Å²) in [5.74, 6) is 0.481. The van der Waals surface area contributed by atoms with E-state index in [0.717, 1.165) is 11.0 Å². The Morgan fingerprint density at radius 1 is 1.11 bits per heavy atom. The van der Waals surface area contributed by atoms with Crippen LogP contribution >= 0.6 is 0 Å². The van der Waals surface area contributed by atoms with Crippen LogP contribution in [0, 0.1) is 0 Å². The van der Waals surface area contributed by atoms with E-state index in [1.54, 1.807) is 24.4 Å². The lowest BCUT2D eigenvalue weighted by molar-refractivity contribution is 0.101. The number of hydrogen-bond donors (Lipinski definition) is 2. The van der Waals surface area contributed by atoms with Gasteiger partial charge in [0.1, 0.15) is 5.82 Å². The SMILES string of the molecule is O=C(Nc1ccccn1)c1nc2ccccc2[nH]1. The van der Waals surface area contributed by atoms with Gasteiger partial charge in [-0.3, -0.25) is 4.79 Å². The Hall–Kier alpha value is -2.69. The molecule has 0 aliphatic rings. The highest BCUT2D eigenvalue weighted by Gasteiger charge is 2.11. The number of H-pyrrole nitrogens is 1. The Kier molecular flexibility index (Phi) is 2.49. The van der Waals surface area contributed by atoms with Gasteiger partial charge in [-0.25, -0.2) is 9.97 Å². The molecule has 0 aliphatic heterocycles. The van der Waals surface area contributed by atoms with Gasteiger partial charge in [0.05, 0.1) is 11.0 Å². The first kappa shape index (κ1) is 10.5. The average molecular weight is 238 g/mol. The lowest BCUT2D eigenvalue weighted by Crippen LogP contribution is -2.14. The molecule has 18 heavy (non-hydrogen) atoms. The number of aromatic nitrogens is 3. The van der Waals surface area contributed by atoms with E-state index in [1.165, 1.54) is 0 Å². The zero-order valence-corrected chi connectivity index (χ0v) is 9.42. The van der Waals surface area contributed by atoms with Gasteiger partial charge in [-0.2, -0.15) is 0 Å². The summed E-state index contributed by atoms with van der Waals surface area (Å²) in [5, 5.41) is 2.68. The van der Waals surface area contributed by atoms with Crippen molar-refractivity contribution in [3.05, 3.63) is 54.5 Å². The number of fused-ring (bicyclic) bond motifs is 1. The number of nitrogens with zero attached hydrogens (tertiary/aromatic N) is 2. The van der Waals surface area contributed by atoms with Crippen molar-refractivity contribution in [2.24, 2.45) is 0 Å². The Morgan fingerprint density at radius 3 is 2.72 bits per heavy atom. The number of benzene rings is 1. The Bertz CT molecular complexity index is 657. The largest absolute Gasteiger partial charge is 0.334 e. The number of anilines is 1. The van der Waals surface area contributed by atoms with Crippen molar-refractivity contribution in [2.75, 3.05) is 5.32 Å². The van der Waals surface area contributed by atoms with Gasteiger partial charge >= 0.3 is 0 Å². The summed E-state index contributed by atoms with van der Waals surface area (Å²) >= 11 is 0. The van der Waals surface area contributed by atoms with Crippen LogP contribution in [0.5, 0.6) is 0 Å². The van der Waals surface area contributed by atoms with Gasteiger partial charge in [0.25, 0.3) is 5.91 Å². The van der Waals surface area contributed by atoms with E-state index in [0.29, 0.717) is 5.82 Å². The minimum absolute atomic E-state index is 0.279. The highest BCUT2D eigenvalue weighted by Crippen LogP contribution is 2.11. The molecular weight excluding hydrogens is 228 g/mol. The van der Waals surface area contributed by atoms with E-state index >= 15 is 0 Å². The van der Waals surface area contributed by atoms with Crippen molar-refractivity contribution in [2.45, 2.75) is 0 Å². The van der Waals surface area contributed by atoms with Crippen molar-refractivity contribution >= 4 is 22.8 Å². The van der Waals surface area contributed by atoms with Crippen LogP contribution < -0.4 is 5.32 Å². The number of imidazole rings is 1. The van der Waals surface area contributed by atoms with Crippen LogP contribution in [0.15, 0.2) is 48.7 Å². The quantitative estimate of drug-likeness (QED) is 0.719. The van der Waals surface area contributed by atoms with Gasteiger partial charge in [-0.1, -0.05) is 18.2 Å². The first-order chi connectivity index (χ1) is 8.83. The van der Waals surface area contributed by atoms with Crippen molar-refractivity contribution < 1.29 is 4.79 Å². The second kappa shape index (κ2) is 4.29. The summed E-state index contributed by atoms with van der Waals surface area (Å²) < 4.78 is 0. The number of nitrogens with one attached hydrogen (secondary N) is 2. The summed E-state index contributed by atoms with van der Waals surface area (Å²) in [4.78, 5) is 23.1. The van der Waals surface area contributed by atoms with Crippen molar-refractivity contribution in [3.8, 4) is 0 Å². The van der Waals surface area contributed by atoms with Gasteiger partial charge < -0.3 is 10.3 Å². The summed E-state index contributed by atoms with van der Waals surface area (Å²) in [5.41, 5.74) is 1.60. The molecule has 1 amide bonds. The maximum atomic E-state index is 11.9. The van der Waals surface area contributed by atoms with Gasteiger partial charge in [0, 0.05) is 6.20 Å². The second-order valence-corrected chi connectivity index (χ2v) is 3.77. The predicted octanol–water partition coefficient (Wildman–Crippen LogP) is 2.21. The third-order valence-electron chi connectivity index (χ3n) is 2.51. The van der Waals surface area contributed by atoms with Crippen LogP contribution in [0.25, 0.3) is 11.0 Å². The Labute approximate surface area is 103 Å². The van der Waals surface area contributed by atoms with Crippen molar-refractivity contribution in [1.82, 2.24) is 15.0 Å². The summed E-state index contributed by atoms with van der Waals surface area (Å²) in [6.45, 7) is 0. The molecule has 0 unspecified atom stereocenters. The van der Waals surface area contributed by atoms with E-state index in [9.17, 15) is 4.79 Å². The average Bonchev–Trinajstić information content (AvgIpc) is 2.84. The number of carbonyl (C=O) groups is 1. The number of carbonyl (C=O) groups excluding carboxylic acids is 1. The third-order valence-corrected chi connectivity index (χ3v) is 2.51. The monoisotopic (exact) mass is 238 g/mol. The fourth-order valence-electron chi connectivity index (χ4n) is 1.67. The molecule has 0 spiro atoms. The standard InChI is InChI=1S/C13H10N4O/c18-13(17-11-7-3-4-8-14-11)12-15-9-5-1-2-6-10(9)16-12/h1-8H,(H,15,16)(H,14,17,18). The number of pyridine rings is 1. The first-order valence-electron chi connectivity index (χ1n) is 5.50. The highest BCUT2D eigenvalue weighted by atomic mass is 16.2. The molecule has 0 atom stereocenters. The molecule has 2 heterocycles. The number of amides is 1. The molecule has 3 aromatic rings. The van der Waals surface area contributed by atoms with Gasteiger partial charge in [0.15, 0.2) is 5.82 Å². The van der Waals surface area contributed by atoms with E-state index < -0.39 is 0 Å². The molecule has 0 saturated carbocycles. The second-order valence-electron chi connectivity index (χ2n) is 3.77. The molecule has 1 aromatic carbocycles. The topological polar surface area (TPSA) is 70.7 Å². The Balaban J connectivity index is 1.88. The molecule has 88 valence electrons. The van der Waals surface area contributed by atoms with Crippen molar-refractivity contribution in [3.63, 3.8) is 0 Å². The minimum atomic E-state index is -0.301. The lowest BCUT2D eigenvalue weighted by Gasteiger charge is -2.00. The summed E-state index contributed by atoms with van der Waals surface area (Å²) in [6, 6.07) is 12.8. The van der Waals surface area contributed by atoms with Crippen molar-refractivity contribution in [1.29, 1.82) is 0 Å². The zero-order valence-electron chi connectivity index (χ0n) is 9.42. The molecule has 5 heteroatoms. The number of rotatable bonds is 2. The van der Waals surface area contributed by atoms with Crippen LogP contribution in [-0.4, -0.2) is 20.9 Å². The molecule has 2 aromatic heterocycles. The fourth-order valence-corrected chi connectivity index (χ4v) is 1.67. The Morgan fingerprint density at radius 2 is 1.94 bits per heavy atom. The maximum absolute atomic E-state index is 11.9. The molecular formula is C13H10N4O. The number of aromatic amines is 1. The van der Waals surface area contributed by atoms with Gasteiger partial charge in [0.2, 0.25) is 0 Å². The van der Waals surface area contributed by atoms with Crippen LogP contribution in [0.2, 0.25) is 0 Å². The van der Waals surface area contributed by atoms with Crippen LogP contribution in [0.3, 0.4) is 0 Å². The highest BCUT2D eigenvalue weighted by molar-refractivity contribution is 6.02. The molecule has 0 aliphatic carbocycles. The molecule has 5 nitrogen and oxygen atoms in total. The smallest absolute Gasteiger partial charge is 0.292 e. The lowest BCUT2D eigenvalue weighted by atomic mass is 10.3. The van der Waals surface area contributed by atoms with E-state index in [4.69, 9.17) is 0 Å². The minimum Gasteiger partial charge on any atom is -0.334 e. The number of para-hydroxylation sites is 2. The fraction of sp³-hybridized carbons (Fsp3) is 0. The van der Waals surface area contributed by atoms with Crippen LogP contribution in [0.1, 0.15) is 10.6 Å². The molecule has 3 rings (SSSR count). The molecule has 0 fully saturated rings. The maximum Gasteiger partial charge on any atom is 0.292 e. The van der Waals surface area contributed by atoms with Gasteiger partial charge in [-0.05, 0) is 24.3 Å². The normalized spacial score (nSPS) is 10.4. The predicted molar refractivity (Wildman–Crippen MR) is 68.3 cm³/mol. The first-order valence-corrected chi connectivity index (χ1v) is 5.50. The molecule has 0 saturated heterocycles. The number of hydrogen-bond acceptors (Lipinski definition) is 3. The molecule has 0 bridgehead atoms. The zero-order chi connectivity index (χ0) is 12.4. The van der Waals surface area contributed by atoms with E-state index in [2.05, 4.69) is 20.3 Å². The summed E-state index contributed by atoms with van der Waals surface area (Å²) in [6.07, 6.45) is 1.62. The molecule has 0 radical (unpaired) electrons. The van der Waals surface area contributed by atoms with E-state index in [-0.39, 0.29) is 11.7 Å². The molecule has 2 N–H and O–H groups in total. The van der Waals surface area contributed by atoms with Gasteiger partial charge in [-0.15, -0.1) is 0 Å². The third kappa shape index (κ3) is 1.93.